The Balaban J connectivity index is 2.89. The van der Waals surface area contributed by atoms with Crippen LogP contribution in [0.3, 0.4) is 0 Å². The largest absolute Gasteiger partial charge is 0.496 e. The Morgan fingerprint density at radius 1 is 1.41 bits per heavy atom. The van der Waals surface area contributed by atoms with Crippen molar-refractivity contribution in [2.24, 2.45) is 5.73 Å². The lowest BCUT2D eigenvalue weighted by atomic mass is 10.2. The first kappa shape index (κ1) is 13.4. The molecule has 0 saturated heterocycles. The van der Waals surface area contributed by atoms with Gasteiger partial charge in [0.1, 0.15) is 11.3 Å². The van der Waals surface area contributed by atoms with E-state index in [2.05, 4.69) is 0 Å². The predicted octanol–water partition coefficient (Wildman–Crippen LogP) is 1.06. The molecule has 0 aliphatic heterocycles. The summed E-state index contributed by atoms with van der Waals surface area (Å²) in [6, 6.07) is 5.09. The summed E-state index contributed by atoms with van der Waals surface area (Å²) >= 11 is 1.53. The standard InChI is InChI=1S/C11H13NO4S/c1-15-9-5-7(17-2)3-4-8(9)11(14)16-6-10(12)13/h3-5H,6H2,1-2H3,(H2,12,13). The van der Waals surface area contributed by atoms with Gasteiger partial charge in [-0.1, -0.05) is 0 Å². The highest BCUT2D eigenvalue weighted by molar-refractivity contribution is 7.98. The SMILES string of the molecule is COc1cc(SC)ccc1C(=O)OCC(N)=O. The number of benzene rings is 1. The average molecular weight is 255 g/mol. The van der Waals surface area contributed by atoms with Gasteiger partial charge in [-0.15, -0.1) is 11.8 Å². The number of esters is 1. The van der Waals surface area contributed by atoms with Gasteiger partial charge >= 0.3 is 5.97 Å². The number of hydrogen-bond acceptors (Lipinski definition) is 5. The van der Waals surface area contributed by atoms with Crippen LogP contribution in [0.25, 0.3) is 0 Å². The van der Waals surface area contributed by atoms with E-state index in [-0.39, 0.29) is 5.56 Å². The number of carbonyl (C=O) groups excluding carboxylic acids is 2. The van der Waals surface area contributed by atoms with E-state index >= 15 is 0 Å². The van der Waals surface area contributed by atoms with E-state index in [1.165, 1.54) is 18.9 Å². The van der Waals surface area contributed by atoms with Gasteiger partial charge in [0, 0.05) is 4.90 Å². The highest BCUT2D eigenvalue weighted by atomic mass is 32.2. The Morgan fingerprint density at radius 2 is 2.12 bits per heavy atom. The molecule has 0 bridgehead atoms. The van der Waals surface area contributed by atoms with Crippen LogP contribution in [0.2, 0.25) is 0 Å². The smallest absolute Gasteiger partial charge is 0.342 e. The molecule has 0 radical (unpaired) electrons. The summed E-state index contributed by atoms with van der Waals surface area (Å²) in [6.45, 7) is -0.438. The lowest BCUT2D eigenvalue weighted by Crippen LogP contribution is -2.21. The number of primary amides is 1. The highest BCUT2D eigenvalue weighted by Gasteiger charge is 2.14. The molecule has 0 saturated carbocycles. The van der Waals surface area contributed by atoms with Crippen LogP contribution in [0.15, 0.2) is 23.1 Å². The summed E-state index contributed by atoms with van der Waals surface area (Å²) in [5, 5.41) is 0. The first-order valence-corrected chi connectivity index (χ1v) is 5.98. The minimum atomic E-state index is -0.696. The fourth-order valence-electron chi connectivity index (χ4n) is 1.18. The van der Waals surface area contributed by atoms with Crippen molar-refractivity contribution in [3.63, 3.8) is 0 Å². The fraction of sp³-hybridized carbons (Fsp3) is 0.273. The summed E-state index contributed by atoms with van der Waals surface area (Å²) in [5.41, 5.74) is 5.15. The maximum absolute atomic E-state index is 11.6. The number of carbonyl (C=O) groups is 2. The zero-order chi connectivity index (χ0) is 12.8. The first-order chi connectivity index (χ1) is 8.08. The Morgan fingerprint density at radius 3 is 2.65 bits per heavy atom. The van der Waals surface area contributed by atoms with E-state index in [1.54, 1.807) is 18.2 Å². The molecule has 0 aliphatic carbocycles. The molecule has 1 aromatic carbocycles. The first-order valence-electron chi connectivity index (χ1n) is 4.76. The third kappa shape index (κ3) is 3.67. The second-order valence-corrected chi connectivity index (χ2v) is 3.99. The van der Waals surface area contributed by atoms with Gasteiger partial charge in [0.05, 0.1) is 7.11 Å². The molecule has 2 N–H and O–H groups in total. The normalized spacial score (nSPS) is 9.76. The molecule has 0 atom stereocenters. The number of hydrogen-bond donors (Lipinski definition) is 1. The van der Waals surface area contributed by atoms with Crippen LogP contribution in [0.4, 0.5) is 0 Å². The quantitative estimate of drug-likeness (QED) is 0.628. The van der Waals surface area contributed by atoms with Crippen molar-refractivity contribution in [3.8, 4) is 5.75 Å². The van der Waals surface area contributed by atoms with E-state index < -0.39 is 18.5 Å². The number of ether oxygens (including phenoxy) is 2. The topological polar surface area (TPSA) is 78.6 Å². The van der Waals surface area contributed by atoms with Gasteiger partial charge in [-0.05, 0) is 24.5 Å². The maximum atomic E-state index is 11.6. The fourth-order valence-corrected chi connectivity index (χ4v) is 1.61. The molecule has 0 fully saturated rings. The van der Waals surface area contributed by atoms with Crippen molar-refractivity contribution in [2.75, 3.05) is 20.0 Å². The van der Waals surface area contributed by atoms with Crippen molar-refractivity contribution >= 4 is 23.6 Å². The molecule has 17 heavy (non-hydrogen) atoms. The molecule has 1 rings (SSSR count). The predicted molar refractivity (Wildman–Crippen MR) is 64.3 cm³/mol. The second-order valence-electron chi connectivity index (χ2n) is 3.11. The van der Waals surface area contributed by atoms with Gasteiger partial charge in [-0.2, -0.15) is 0 Å². The average Bonchev–Trinajstić information content (AvgIpc) is 2.34. The van der Waals surface area contributed by atoms with Gasteiger partial charge in [-0.3, -0.25) is 4.79 Å². The van der Waals surface area contributed by atoms with Crippen molar-refractivity contribution < 1.29 is 19.1 Å². The number of thioether (sulfide) groups is 1. The molecule has 0 unspecified atom stereocenters. The van der Waals surface area contributed by atoms with Crippen LogP contribution in [0.5, 0.6) is 5.75 Å². The van der Waals surface area contributed by atoms with Crippen molar-refractivity contribution in [1.29, 1.82) is 0 Å². The molecule has 0 spiro atoms. The molecule has 0 aromatic heterocycles. The van der Waals surface area contributed by atoms with E-state index in [9.17, 15) is 9.59 Å². The molecule has 92 valence electrons. The van der Waals surface area contributed by atoms with Crippen LogP contribution in [-0.2, 0) is 9.53 Å². The molecular formula is C11H13NO4S. The van der Waals surface area contributed by atoms with Crippen molar-refractivity contribution in [3.05, 3.63) is 23.8 Å². The Bertz CT molecular complexity index is 433. The van der Waals surface area contributed by atoms with Crippen LogP contribution in [0, 0.1) is 0 Å². The van der Waals surface area contributed by atoms with Gasteiger partial charge in [0.2, 0.25) is 0 Å². The third-order valence-corrected chi connectivity index (χ3v) is 2.70. The number of amides is 1. The summed E-state index contributed by atoms with van der Waals surface area (Å²) in [4.78, 5) is 23.1. The summed E-state index contributed by atoms with van der Waals surface area (Å²) in [5.74, 6) is -0.919. The number of rotatable bonds is 5. The molecule has 1 aromatic rings. The molecule has 6 heteroatoms. The molecule has 1 amide bonds. The highest BCUT2D eigenvalue weighted by Crippen LogP contribution is 2.25. The van der Waals surface area contributed by atoms with E-state index in [0.29, 0.717) is 5.75 Å². The van der Waals surface area contributed by atoms with Crippen molar-refractivity contribution in [1.82, 2.24) is 0 Å². The zero-order valence-electron chi connectivity index (χ0n) is 9.56. The molecule has 5 nitrogen and oxygen atoms in total. The third-order valence-electron chi connectivity index (χ3n) is 1.97. The molecule has 0 heterocycles. The van der Waals surface area contributed by atoms with E-state index in [4.69, 9.17) is 15.2 Å². The molecule has 0 aliphatic rings. The van der Waals surface area contributed by atoms with Gasteiger partial charge < -0.3 is 15.2 Å². The van der Waals surface area contributed by atoms with Gasteiger partial charge in [-0.25, -0.2) is 4.79 Å². The lowest BCUT2D eigenvalue weighted by Gasteiger charge is -2.09. The Kier molecular flexibility index (Phi) is 4.84. The summed E-state index contributed by atoms with van der Waals surface area (Å²) in [6.07, 6.45) is 1.92. The lowest BCUT2D eigenvalue weighted by molar-refractivity contribution is -0.121. The van der Waals surface area contributed by atoms with Crippen molar-refractivity contribution in [2.45, 2.75) is 4.90 Å². The monoisotopic (exact) mass is 255 g/mol. The van der Waals surface area contributed by atoms with Crippen LogP contribution in [-0.4, -0.2) is 31.8 Å². The summed E-state index contributed by atoms with van der Waals surface area (Å²) in [7, 11) is 1.46. The van der Waals surface area contributed by atoms with E-state index in [1.807, 2.05) is 6.26 Å². The van der Waals surface area contributed by atoms with E-state index in [0.717, 1.165) is 4.90 Å². The number of nitrogens with two attached hydrogens (primary N) is 1. The van der Waals surface area contributed by atoms with Gasteiger partial charge in [0.25, 0.3) is 5.91 Å². The Labute approximate surface area is 103 Å². The minimum Gasteiger partial charge on any atom is -0.496 e. The van der Waals surface area contributed by atoms with Gasteiger partial charge in [0.15, 0.2) is 6.61 Å². The maximum Gasteiger partial charge on any atom is 0.342 e. The Hall–Kier alpha value is -1.69. The minimum absolute atomic E-state index is 0.270. The number of methoxy groups -OCH3 is 1. The van der Waals surface area contributed by atoms with Crippen LogP contribution >= 0.6 is 11.8 Å². The molecular weight excluding hydrogens is 242 g/mol. The zero-order valence-corrected chi connectivity index (χ0v) is 10.4. The summed E-state index contributed by atoms with van der Waals surface area (Å²) < 4.78 is 9.79. The van der Waals surface area contributed by atoms with Crippen LogP contribution < -0.4 is 10.5 Å². The second kappa shape index (κ2) is 6.15. The van der Waals surface area contributed by atoms with Crippen LogP contribution in [0.1, 0.15) is 10.4 Å².